The molecule has 0 aliphatic carbocycles. The number of benzene rings is 3. The first-order valence-corrected chi connectivity index (χ1v) is 13.7. The summed E-state index contributed by atoms with van der Waals surface area (Å²) in [5.41, 5.74) is 0.789. The Morgan fingerprint density at radius 2 is 1.62 bits per heavy atom. The van der Waals surface area contributed by atoms with Crippen LogP contribution in [-0.2, 0) is 26.2 Å². The topological polar surface area (TPSA) is 96.0 Å². The van der Waals surface area contributed by atoms with E-state index in [1.807, 2.05) is 50.2 Å². The molecule has 8 nitrogen and oxygen atoms in total. The minimum atomic E-state index is -3.94. The Morgan fingerprint density at radius 3 is 2.24 bits per heavy atom. The number of carbonyl (C=O) groups excluding carboxylic acids is 2. The number of hydrogen-bond acceptors (Lipinski definition) is 5. The number of carbonyl (C=O) groups is 2. The van der Waals surface area contributed by atoms with Crippen molar-refractivity contribution in [3.8, 4) is 5.75 Å². The molecule has 2 amide bonds. The minimum absolute atomic E-state index is 0.0520. The predicted octanol–water partition coefficient (Wildman–Crippen LogP) is 3.80. The van der Waals surface area contributed by atoms with Gasteiger partial charge in [0.25, 0.3) is 0 Å². The van der Waals surface area contributed by atoms with Gasteiger partial charge in [-0.15, -0.1) is 0 Å². The average molecular weight is 526 g/mol. The Labute approximate surface area is 219 Å². The van der Waals surface area contributed by atoms with E-state index in [1.54, 1.807) is 38.3 Å². The molecule has 0 spiro atoms. The van der Waals surface area contributed by atoms with Crippen molar-refractivity contribution in [3.63, 3.8) is 0 Å². The van der Waals surface area contributed by atoms with E-state index in [4.69, 9.17) is 4.74 Å². The molecule has 0 bridgehead atoms. The van der Waals surface area contributed by atoms with E-state index in [0.29, 0.717) is 5.75 Å². The van der Waals surface area contributed by atoms with Crippen molar-refractivity contribution in [2.75, 3.05) is 20.7 Å². The van der Waals surface area contributed by atoms with Crippen LogP contribution in [0.1, 0.15) is 32.8 Å². The lowest BCUT2D eigenvalue weighted by atomic mass is 10.1. The minimum Gasteiger partial charge on any atom is -0.497 e. The maximum Gasteiger partial charge on any atom is 0.243 e. The van der Waals surface area contributed by atoms with Crippen molar-refractivity contribution in [1.29, 1.82) is 0 Å². The summed E-state index contributed by atoms with van der Waals surface area (Å²) < 4.78 is 32.9. The van der Waals surface area contributed by atoms with Gasteiger partial charge in [0, 0.05) is 19.6 Å². The van der Waals surface area contributed by atoms with Gasteiger partial charge >= 0.3 is 0 Å². The van der Waals surface area contributed by atoms with Gasteiger partial charge in [-0.1, -0.05) is 49.4 Å². The first-order valence-electron chi connectivity index (χ1n) is 12.2. The van der Waals surface area contributed by atoms with Crippen molar-refractivity contribution < 1.29 is 22.7 Å². The van der Waals surface area contributed by atoms with Gasteiger partial charge < -0.3 is 15.0 Å². The quantitative estimate of drug-likeness (QED) is 0.411. The Hall–Kier alpha value is -3.43. The lowest BCUT2D eigenvalue weighted by Crippen LogP contribution is -2.51. The largest absolute Gasteiger partial charge is 0.497 e. The molecule has 0 saturated heterocycles. The summed E-state index contributed by atoms with van der Waals surface area (Å²) in [5, 5.41) is 4.63. The van der Waals surface area contributed by atoms with Gasteiger partial charge in [-0.25, -0.2) is 8.42 Å². The molecule has 3 aromatic carbocycles. The van der Waals surface area contributed by atoms with Crippen molar-refractivity contribution in [2.24, 2.45) is 0 Å². The first-order chi connectivity index (χ1) is 17.6. The van der Waals surface area contributed by atoms with Crippen molar-refractivity contribution in [2.45, 2.75) is 50.7 Å². The van der Waals surface area contributed by atoms with E-state index >= 15 is 0 Å². The van der Waals surface area contributed by atoms with E-state index in [1.165, 1.54) is 18.0 Å². The predicted molar refractivity (Wildman–Crippen MR) is 145 cm³/mol. The average Bonchev–Trinajstić information content (AvgIpc) is 2.90. The second kappa shape index (κ2) is 12.2. The third-order valence-electron chi connectivity index (χ3n) is 6.47. The van der Waals surface area contributed by atoms with Crippen molar-refractivity contribution in [1.82, 2.24) is 14.5 Å². The fraction of sp³-hybridized carbons (Fsp3) is 0.357. The van der Waals surface area contributed by atoms with Crippen LogP contribution in [0.4, 0.5) is 0 Å². The molecule has 1 N–H and O–H groups in total. The molecule has 0 fully saturated rings. The van der Waals surface area contributed by atoms with Crippen LogP contribution in [-0.4, -0.2) is 62.2 Å². The lowest BCUT2D eigenvalue weighted by Gasteiger charge is -2.31. The number of amides is 2. The number of ether oxygens (including phenoxy) is 1. The number of methoxy groups -OCH3 is 1. The molecule has 3 rings (SSSR count). The smallest absolute Gasteiger partial charge is 0.243 e. The van der Waals surface area contributed by atoms with Crippen LogP contribution in [0.5, 0.6) is 5.75 Å². The molecular formula is C28H35N3O5S. The highest BCUT2D eigenvalue weighted by molar-refractivity contribution is 7.89. The Bertz CT molecular complexity index is 1340. The zero-order valence-electron chi connectivity index (χ0n) is 22.0. The van der Waals surface area contributed by atoms with E-state index in [0.717, 1.165) is 27.1 Å². The number of hydrogen-bond donors (Lipinski definition) is 1. The van der Waals surface area contributed by atoms with Gasteiger partial charge in [0.2, 0.25) is 21.8 Å². The van der Waals surface area contributed by atoms with Crippen LogP contribution in [0.15, 0.2) is 71.6 Å². The molecule has 2 unspecified atom stereocenters. The molecular weight excluding hydrogens is 490 g/mol. The number of fused-ring (bicyclic) bond motifs is 1. The number of nitrogens with zero attached hydrogens (tertiary/aromatic N) is 2. The summed E-state index contributed by atoms with van der Waals surface area (Å²) in [6, 6.07) is 18.7. The zero-order valence-corrected chi connectivity index (χ0v) is 22.8. The van der Waals surface area contributed by atoms with Crippen LogP contribution >= 0.6 is 0 Å². The highest BCUT2D eigenvalue weighted by atomic mass is 32.2. The van der Waals surface area contributed by atoms with E-state index < -0.39 is 28.5 Å². The summed E-state index contributed by atoms with van der Waals surface area (Å²) in [7, 11) is -1.00. The van der Waals surface area contributed by atoms with Gasteiger partial charge in [-0.2, -0.15) is 4.31 Å². The molecule has 2 atom stereocenters. The van der Waals surface area contributed by atoms with E-state index in [-0.39, 0.29) is 23.4 Å². The molecule has 0 saturated carbocycles. The Morgan fingerprint density at radius 1 is 0.973 bits per heavy atom. The summed E-state index contributed by atoms with van der Waals surface area (Å²) in [5.74, 6) is -0.101. The highest BCUT2D eigenvalue weighted by Gasteiger charge is 2.30. The molecule has 3 aromatic rings. The number of rotatable bonds is 11. The van der Waals surface area contributed by atoms with Crippen molar-refractivity contribution in [3.05, 3.63) is 72.3 Å². The summed E-state index contributed by atoms with van der Waals surface area (Å²) in [6.07, 6.45) is 0.748. The first kappa shape index (κ1) is 28.1. The van der Waals surface area contributed by atoms with Gasteiger partial charge in [-0.05, 0) is 60.9 Å². The zero-order chi connectivity index (χ0) is 27.2. The lowest BCUT2D eigenvalue weighted by molar-refractivity contribution is -0.140. The number of likely N-dealkylation sites (N-methyl/N-ethyl adjacent to an activating group) is 1. The Kier molecular flexibility index (Phi) is 9.29. The summed E-state index contributed by atoms with van der Waals surface area (Å²) in [6.45, 7) is 5.23. The van der Waals surface area contributed by atoms with Gasteiger partial charge in [0.15, 0.2) is 0 Å². The maximum atomic E-state index is 13.5. The van der Waals surface area contributed by atoms with Gasteiger partial charge in [0.1, 0.15) is 11.8 Å². The highest BCUT2D eigenvalue weighted by Crippen LogP contribution is 2.22. The normalized spacial score (nSPS) is 13.2. The molecule has 37 heavy (non-hydrogen) atoms. The molecule has 0 aliphatic rings. The van der Waals surface area contributed by atoms with Crippen molar-refractivity contribution >= 4 is 32.6 Å². The molecule has 0 aliphatic heterocycles. The number of nitrogens with one attached hydrogen (secondary N) is 1. The molecule has 0 heterocycles. The molecule has 0 radical (unpaired) electrons. The van der Waals surface area contributed by atoms with Crippen LogP contribution < -0.4 is 10.1 Å². The molecule has 9 heteroatoms. The molecule has 0 aromatic heterocycles. The molecule has 198 valence electrons. The third kappa shape index (κ3) is 6.87. The standard InChI is InChI=1S/C28H35N3O5S/c1-6-20(2)29-28(33)21(3)31(18-22-11-14-25(36-5)15-12-22)27(32)19-30(4)37(34,35)26-16-13-23-9-7-8-10-24(23)17-26/h7-17,20-21H,6,18-19H2,1-5H3,(H,29,33). The number of sulfonamides is 1. The third-order valence-corrected chi connectivity index (χ3v) is 8.27. The summed E-state index contributed by atoms with van der Waals surface area (Å²) >= 11 is 0. The maximum absolute atomic E-state index is 13.5. The van der Waals surface area contributed by atoms with Crippen LogP contribution in [0.25, 0.3) is 10.8 Å². The second-order valence-corrected chi connectivity index (χ2v) is 11.2. The van der Waals surface area contributed by atoms with Crippen LogP contribution in [0, 0.1) is 0 Å². The SMILES string of the molecule is CCC(C)NC(=O)C(C)N(Cc1ccc(OC)cc1)C(=O)CN(C)S(=O)(=O)c1ccc2ccccc2c1. The monoisotopic (exact) mass is 525 g/mol. The van der Waals surface area contributed by atoms with Crippen LogP contribution in [0.3, 0.4) is 0 Å². The van der Waals surface area contributed by atoms with E-state index in [2.05, 4.69) is 5.32 Å². The van der Waals surface area contributed by atoms with Gasteiger partial charge in [-0.3, -0.25) is 9.59 Å². The van der Waals surface area contributed by atoms with Crippen LogP contribution in [0.2, 0.25) is 0 Å². The summed E-state index contributed by atoms with van der Waals surface area (Å²) in [4.78, 5) is 27.9. The Balaban J connectivity index is 1.84. The van der Waals surface area contributed by atoms with E-state index in [9.17, 15) is 18.0 Å². The fourth-order valence-corrected chi connectivity index (χ4v) is 5.01. The second-order valence-electron chi connectivity index (χ2n) is 9.13. The fourth-order valence-electron chi connectivity index (χ4n) is 3.85. The van der Waals surface area contributed by atoms with Gasteiger partial charge in [0.05, 0.1) is 18.6 Å².